The number of hydrogen-bond acceptors (Lipinski definition) is 6. The molecule has 0 bridgehead atoms. The van der Waals surface area contributed by atoms with E-state index in [1.807, 2.05) is 30.3 Å². The molecule has 33 heavy (non-hydrogen) atoms. The number of amides is 1. The van der Waals surface area contributed by atoms with Crippen molar-refractivity contribution in [3.05, 3.63) is 106 Å². The SMILES string of the molecule is CN(CCc1ccccn1)C(=O)c1ccc(/C(N)=C(\N)c2nc3ccccc3[nH]c2=O)cc1. The van der Waals surface area contributed by atoms with Crippen LogP contribution in [0.15, 0.2) is 77.7 Å². The van der Waals surface area contributed by atoms with Gasteiger partial charge in [0.2, 0.25) is 0 Å². The number of fused-ring (bicyclic) bond motifs is 1. The molecule has 2 aromatic carbocycles. The molecule has 0 spiro atoms. The van der Waals surface area contributed by atoms with E-state index in [1.54, 1.807) is 54.5 Å². The average Bonchev–Trinajstić information content (AvgIpc) is 2.86. The summed E-state index contributed by atoms with van der Waals surface area (Å²) in [4.78, 5) is 38.3. The number of carbonyl (C=O) groups is 1. The molecule has 166 valence electrons. The zero-order valence-electron chi connectivity index (χ0n) is 18.2. The maximum Gasteiger partial charge on any atom is 0.276 e. The number of nitrogens with one attached hydrogen (secondary N) is 1. The summed E-state index contributed by atoms with van der Waals surface area (Å²) in [6.45, 7) is 0.545. The molecule has 0 aliphatic rings. The Morgan fingerprint density at radius 1 is 0.939 bits per heavy atom. The summed E-state index contributed by atoms with van der Waals surface area (Å²) in [5, 5.41) is 0. The van der Waals surface area contributed by atoms with Gasteiger partial charge in [0.1, 0.15) is 0 Å². The number of carbonyl (C=O) groups excluding carboxylic acids is 1. The molecule has 0 saturated heterocycles. The first-order valence-electron chi connectivity index (χ1n) is 10.4. The van der Waals surface area contributed by atoms with E-state index in [-0.39, 0.29) is 23.0 Å². The highest BCUT2D eigenvalue weighted by Gasteiger charge is 2.15. The molecule has 8 nitrogen and oxygen atoms in total. The molecule has 0 fully saturated rings. The predicted octanol–water partition coefficient (Wildman–Crippen LogP) is 2.38. The monoisotopic (exact) mass is 440 g/mol. The topological polar surface area (TPSA) is 131 Å². The van der Waals surface area contributed by atoms with Crippen LogP contribution >= 0.6 is 0 Å². The maximum absolute atomic E-state index is 12.8. The van der Waals surface area contributed by atoms with E-state index in [9.17, 15) is 9.59 Å². The van der Waals surface area contributed by atoms with Crippen molar-refractivity contribution in [2.24, 2.45) is 11.5 Å². The van der Waals surface area contributed by atoms with E-state index < -0.39 is 5.56 Å². The first kappa shape index (κ1) is 21.8. The van der Waals surface area contributed by atoms with Crippen molar-refractivity contribution in [2.45, 2.75) is 6.42 Å². The minimum absolute atomic E-state index is 0.0561. The predicted molar refractivity (Wildman–Crippen MR) is 129 cm³/mol. The molecule has 8 heteroatoms. The summed E-state index contributed by atoms with van der Waals surface area (Å²) in [7, 11) is 1.75. The third-order valence-corrected chi connectivity index (χ3v) is 5.36. The van der Waals surface area contributed by atoms with Crippen LogP contribution in [-0.2, 0) is 6.42 Å². The molecule has 4 aromatic rings. The van der Waals surface area contributed by atoms with Crippen LogP contribution in [0.3, 0.4) is 0 Å². The van der Waals surface area contributed by atoms with Crippen LogP contribution in [0.5, 0.6) is 0 Å². The smallest absolute Gasteiger partial charge is 0.276 e. The number of aromatic amines is 1. The summed E-state index contributed by atoms with van der Waals surface area (Å²) in [5.41, 5.74) is 15.6. The Morgan fingerprint density at radius 3 is 2.36 bits per heavy atom. The van der Waals surface area contributed by atoms with Crippen molar-refractivity contribution >= 4 is 28.3 Å². The Labute approximate surface area is 190 Å². The summed E-state index contributed by atoms with van der Waals surface area (Å²) in [6, 6.07) is 19.7. The molecule has 5 N–H and O–H groups in total. The van der Waals surface area contributed by atoms with Gasteiger partial charge in [-0.3, -0.25) is 14.6 Å². The second kappa shape index (κ2) is 9.35. The fraction of sp³-hybridized carbons (Fsp3) is 0.120. The lowest BCUT2D eigenvalue weighted by atomic mass is 10.1. The third kappa shape index (κ3) is 4.74. The highest BCUT2D eigenvalue weighted by atomic mass is 16.2. The van der Waals surface area contributed by atoms with Gasteiger partial charge in [-0.25, -0.2) is 4.98 Å². The van der Waals surface area contributed by atoms with E-state index in [0.29, 0.717) is 35.1 Å². The lowest BCUT2D eigenvalue weighted by Crippen LogP contribution is -2.29. The first-order valence-corrected chi connectivity index (χ1v) is 10.4. The molecule has 1 amide bonds. The summed E-state index contributed by atoms with van der Waals surface area (Å²) in [5.74, 6) is -0.111. The maximum atomic E-state index is 12.8. The number of para-hydroxylation sites is 2. The molecule has 0 atom stereocenters. The van der Waals surface area contributed by atoms with Crippen molar-refractivity contribution < 1.29 is 4.79 Å². The standard InChI is InChI=1S/C25H24N6O2/c1-31(15-13-18-6-4-5-14-28-18)25(33)17-11-9-16(10-12-17)21(26)22(27)23-24(32)30-20-8-3-2-7-19(20)29-23/h2-12,14H,13,15,26-27H2,1H3,(H,30,32)/b22-21+. The van der Waals surface area contributed by atoms with Gasteiger partial charge < -0.3 is 21.4 Å². The number of H-pyrrole nitrogens is 1. The molecule has 0 saturated carbocycles. The third-order valence-electron chi connectivity index (χ3n) is 5.36. The fourth-order valence-corrected chi connectivity index (χ4v) is 3.44. The van der Waals surface area contributed by atoms with Gasteiger partial charge in [0, 0.05) is 37.5 Å². The highest BCUT2D eigenvalue weighted by Crippen LogP contribution is 2.18. The van der Waals surface area contributed by atoms with Crippen LogP contribution < -0.4 is 17.0 Å². The zero-order chi connectivity index (χ0) is 23.4. The minimum atomic E-state index is -0.421. The second-order valence-corrected chi connectivity index (χ2v) is 7.63. The summed E-state index contributed by atoms with van der Waals surface area (Å²) < 4.78 is 0. The molecular weight excluding hydrogens is 416 g/mol. The summed E-state index contributed by atoms with van der Waals surface area (Å²) in [6.07, 6.45) is 2.40. The molecule has 0 aliphatic heterocycles. The molecule has 2 aromatic heterocycles. The molecule has 0 radical (unpaired) electrons. The van der Waals surface area contributed by atoms with E-state index in [1.165, 1.54) is 0 Å². The van der Waals surface area contributed by atoms with Crippen molar-refractivity contribution in [2.75, 3.05) is 13.6 Å². The Hall–Kier alpha value is -4.46. The normalized spacial score (nSPS) is 11.8. The van der Waals surface area contributed by atoms with Gasteiger partial charge in [-0.15, -0.1) is 0 Å². The lowest BCUT2D eigenvalue weighted by molar-refractivity contribution is 0.0796. The molecule has 0 unspecified atom stereocenters. The van der Waals surface area contributed by atoms with Crippen LogP contribution in [0.4, 0.5) is 0 Å². The quantitative estimate of drug-likeness (QED) is 0.422. The van der Waals surface area contributed by atoms with Gasteiger partial charge in [-0.2, -0.15) is 0 Å². The Bertz CT molecular complexity index is 1380. The second-order valence-electron chi connectivity index (χ2n) is 7.63. The number of nitrogens with two attached hydrogens (primary N) is 2. The van der Waals surface area contributed by atoms with E-state index >= 15 is 0 Å². The van der Waals surface area contributed by atoms with E-state index in [4.69, 9.17) is 11.5 Å². The van der Waals surface area contributed by atoms with Gasteiger partial charge in [-0.05, 0) is 42.0 Å². The van der Waals surface area contributed by atoms with Crippen molar-refractivity contribution in [1.82, 2.24) is 19.9 Å². The van der Waals surface area contributed by atoms with Gasteiger partial charge in [0.15, 0.2) is 5.69 Å². The number of rotatable bonds is 6. The lowest BCUT2D eigenvalue weighted by Gasteiger charge is -2.17. The molecule has 4 rings (SSSR count). The number of pyridine rings is 1. The first-order chi connectivity index (χ1) is 15.9. The van der Waals surface area contributed by atoms with E-state index in [2.05, 4.69) is 15.0 Å². The average molecular weight is 441 g/mol. The Balaban J connectivity index is 1.52. The molecule has 0 aliphatic carbocycles. The number of nitrogens with zero attached hydrogens (tertiary/aromatic N) is 3. The fourth-order valence-electron chi connectivity index (χ4n) is 3.44. The largest absolute Gasteiger partial charge is 0.397 e. The Morgan fingerprint density at radius 2 is 1.64 bits per heavy atom. The number of hydrogen-bond donors (Lipinski definition) is 3. The number of likely N-dealkylation sites (N-methyl/N-ethyl adjacent to an activating group) is 1. The van der Waals surface area contributed by atoms with Gasteiger partial charge in [-0.1, -0.05) is 30.3 Å². The van der Waals surface area contributed by atoms with Crippen LogP contribution in [0.1, 0.15) is 27.3 Å². The van der Waals surface area contributed by atoms with Gasteiger partial charge >= 0.3 is 0 Å². The number of benzene rings is 2. The highest BCUT2D eigenvalue weighted by molar-refractivity contribution is 5.95. The van der Waals surface area contributed by atoms with E-state index in [0.717, 1.165) is 5.69 Å². The van der Waals surface area contributed by atoms with Crippen LogP contribution in [0.2, 0.25) is 0 Å². The van der Waals surface area contributed by atoms with Crippen LogP contribution in [-0.4, -0.2) is 39.4 Å². The Kier molecular flexibility index (Phi) is 6.17. The zero-order valence-corrected chi connectivity index (χ0v) is 18.2. The van der Waals surface area contributed by atoms with Gasteiger partial charge in [0.25, 0.3) is 11.5 Å². The van der Waals surface area contributed by atoms with Crippen LogP contribution in [0, 0.1) is 0 Å². The van der Waals surface area contributed by atoms with Crippen molar-refractivity contribution in [1.29, 1.82) is 0 Å². The van der Waals surface area contributed by atoms with Crippen molar-refractivity contribution in [3.63, 3.8) is 0 Å². The minimum Gasteiger partial charge on any atom is -0.397 e. The number of aromatic nitrogens is 3. The summed E-state index contributed by atoms with van der Waals surface area (Å²) >= 11 is 0. The van der Waals surface area contributed by atoms with Gasteiger partial charge in [0.05, 0.1) is 22.4 Å². The molecular formula is C25H24N6O2. The molecule has 2 heterocycles. The van der Waals surface area contributed by atoms with Crippen molar-refractivity contribution in [3.8, 4) is 0 Å². The van der Waals surface area contributed by atoms with Crippen LogP contribution in [0.25, 0.3) is 22.4 Å².